The Hall–Kier alpha value is -2.78. The van der Waals surface area contributed by atoms with Gasteiger partial charge in [-0.1, -0.05) is 0 Å². The van der Waals surface area contributed by atoms with Gasteiger partial charge in [0.25, 0.3) is 0 Å². The molecule has 4 heterocycles. The number of rotatable bonds is 3. The fourth-order valence-corrected chi connectivity index (χ4v) is 6.31. The highest BCUT2D eigenvalue weighted by atomic mass is 32.1. The van der Waals surface area contributed by atoms with Crippen LogP contribution in [-0.2, 0) is 0 Å². The monoisotopic (exact) mass is 442 g/mol. The predicted octanol–water partition coefficient (Wildman–Crippen LogP) is 6.03. The molecule has 0 spiro atoms. The normalized spacial score (nSPS) is 18.4. The Morgan fingerprint density at radius 1 is 1.30 bits per heavy atom. The minimum absolute atomic E-state index is 0.0868. The summed E-state index contributed by atoms with van der Waals surface area (Å²) < 4.78 is 15.7. The second kappa shape index (κ2) is 6.88. The van der Waals surface area contributed by atoms with Crippen LogP contribution in [0.2, 0.25) is 0 Å². The van der Waals surface area contributed by atoms with Crippen LogP contribution in [0, 0.1) is 5.82 Å². The number of amides is 1. The van der Waals surface area contributed by atoms with E-state index in [-0.39, 0.29) is 11.7 Å². The van der Waals surface area contributed by atoms with Gasteiger partial charge in [-0.15, -0.1) is 22.7 Å². The fraction of sp³-hybridized carbons (Fsp3) is 0.286. The summed E-state index contributed by atoms with van der Waals surface area (Å²) in [6.07, 6.45) is 1.58. The van der Waals surface area contributed by atoms with Crippen molar-refractivity contribution in [1.82, 2.24) is 14.9 Å². The van der Waals surface area contributed by atoms with Crippen molar-refractivity contribution in [3.05, 3.63) is 46.7 Å². The first-order valence-corrected chi connectivity index (χ1v) is 11.2. The number of carboxylic acid groups (broad SMARTS) is 1. The number of aromatic nitrogens is 2. The Morgan fingerprint density at radius 2 is 2.13 bits per heavy atom. The van der Waals surface area contributed by atoms with Gasteiger partial charge in [0.15, 0.2) is 5.82 Å². The Labute approximate surface area is 180 Å². The van der Waals surface area contributed by atoms with Gasteiger partial charge in [0, 0.05) is 34.5 Å². The zero-order valence-electron chi connectivity index (χ0n) is 16.3. The Balaban J connectivity index is 1.53. The standard InChI is InChI=1S/C21H19FN4O2S2/c1-21(2)12(6-8-26(21)20(27)28)16-9-11-13(5-7-23-19(11)30-16)25-14-3-4-15-18(17(14)22)24-10-29-15/h3-5,7,9-10,12H,6,8H2,1-2H3,(H,23,25)(H,27,28)/t12-/m1/s1. The van der Waals surface area contributed by atoms with Gasteiger partial charge in [0.05, 0.1) is 21.6 Å². The fourth-order valence-electron chi connectivity index (χ4n) is 4.30. The van der Waals surface area contributed by atoms with E-state index < -0.39 is 11.6 Å². The summed E-state index contributed by atoms with van der Waals surface area (Å²) in [4.78, 5) is 23.6. The van der Waals surface area contributed by atoms with Gasteiger partial charge in [-0.2, -0.15) is 0 Å². The molecule has 6 nitrogen and oxygen atoms in total. The van der Waals surface area contributed by atoms with E-state index in [2.05, 4.69) is 21.4 Å². The highest BCUT2D eigenvalue weighted by Gasteiger charge is 2.45. The van der Waals surface area contributed by atoms with Crippen LogP contribution >= 0.6 is 22.7 Å². The summed E-state index contributed by atoms with van der Waals surface area (Å²) in [5.41, 5.74) is 2.63. The topological polar surface area (TPSA) is 78.4 Å². The highest BCUT2D eigenvalue weighted by molar-refractivity contribution is 7.18. The predicted molar refractivity (Wildman–Crippen MR) is 119 cm³/mol. The number of nitrogens with one attached hydrogen (secondary N) is 1. The molecule has 1 aliphatic heterocycles. The lowest BCUT2D eigenvalue weighted by molar-refractivity contribution is 0.113. The van der Waals surface area contributed by atoms with Gasteiger partial charge in [-0.25, -0.2) is 19.2 Å². The molecule has 3 aromatic heterocycles. The van der Waals surface area contributed by atoms with E-state index in [0.717, 1.165) is 31.9 Å². The van der Waals surface area contributed by atoms with Crippen LogP contribution in [0.1, 0.15) is 31.1 Å². The second-order valence-electron chi connectivity index (χ2n) is 7.91. The molecule has 0 unspecified atom stereocenters. The molecule has 1 aliphatic rings. The van der Waals surface area contributed by atoms with Crippen molar-refractivity contribution in [2.75, 3.05) is 11.9 Å². The van der Waals surface area contributed by atoms with E-state index in [1.54, 1.807) is 29.1 Å². The zero-order chi connectivity index (χ0) is 21.0. The first-order valence-electron chi connectivity index (χ1n) is 9.54. The van der Waals surface area contributed by atoms with E-state index in [4.69, 9.17) is 0 Å². The van der Waals surface area contributed by atoms with Gasteiger partial charge in [-0.05, 0) is 44.5 Å². The summed E-state index contributed by atoms with van der Waals surface area (Å²) in [5, 5.41) is 13.6. The molecule has 0 aliphatic carbocycles. The number of thiazole rings is 1. The third kappa shape index (κ3) is 2.92. The molecule has 1 atom stereocenters. The molecule has 0 saturated carbocycles. The first-order chi connectivity index (χ1) is 14.4. The summed E-state index contributed by atoms with van der Waals surface area (Å²) >= 11 is 2.97. The summed E-state index contributed by atoms with van der Waals surface area (Å²) in [5.74, 6) is -0.285. The summed E-state index contributed by atoms with van der Waals surface area (Å²) in [6.45, 7) is 4.45. The van der Waals surface area contributed by atoms with E-state index in [1.165, 1.54) is 16.2 Å². The van der Waals surface area contributed by atoms with Crippen molar-refractivity contribution in [2.45, 2.75) is 31.7 Å². The van der Waals surface area contributed by atoms with Crippen LogP contribution in [0.5, 0.6) is 0 Å². The number of hydrogen-bond acceptors (Lipinski definition) is 6. The minimum atomic E-state index is -0.892. The number of carbonyl (C=O) groups is 1. The number of thiophene rings is 1. The van der Waals surface area contributed by atoms with Crippen molar-refractivity contribution in [3.63, 3.8) is 0 Å². The quantitative estimate of drug-likeness (QED) is 0.405. The molecule has 1 aromatic carbocycles. The number of benzene rings is 1. The lowest BCUT2D eigenvalue weighted by Crippen LogP contribution is -2.44. The molecule has 1 amide bonds. The third-order valence-corrected chi connectivity index (χ3v) is 7.88. The number of halogens is 1. The number of likely N-dealkylation sites (tertiary alicyclic amines) is 1. The summed E-state index contributed by atoms with van der Waals surface area (Å²) in [6, 6.07) is 7.47. The van der Waals surface area contributed by atoms with Gasteiger partial charge >= 0.3 is 6.09 Å². The molecule has 0 bridgehead atoms. The molecular formula is C21H19FN4O2S2. The average Bonchev–Trinajstić information content (AvgIpc) is 3.40. The molecule has 4 aromatic rings. The molecular weight excluding hydrogens is 423 g/mol. The number of fused-ring (bicyclic) bond motifs is 2. The lowest BCUT2D eigenvalue weighted by Gasteiger charge is -2.33. The van der Waals surface area contributed by atoms with Crippen LogP contribution in [0.3, 0.4) is 0 Å². The molecule has 2 N–H and O–H groups in total. The van der Waals surface area contributed by atoms with Crippen molar-refractivity contribution < 1.29 is 14.3 Å². The maximum absolute atomic E-state index is 14.9. The van der Waals surface area contributed by atoms with Crippen LogP contribution in [0.15, 0.2) is 36.0 Å². The van der Waals surface area contributed by atoms with Crippen molar-refractivity contribution in [1.29, 1.82) is 0 Å². The van der Waals surface area contributed by atoms with Gasteiger partial charge in [0.2, 0.25) is 0 Å². The summed E-state index contributed by atoms with van der Waals surface area (Å²) in [7, 11) is 0. The Bertz CT molecular complexity index is 1280. The van der Waals surface area contributed by atoms with Gasteiger partial charge in [0.1, 0.15) is 10.3 Å². The smallest absolute Gasteiger partial charge is 0.407 e. The minimum Gasteiger partial charge on any atom is -0.465 e. The Kier molecular flexibility index (Phi) is 4.41. The van der Waals surface area contributed by atoms with Crippen LogP contribution in [0.25, 0.3) is 20.4 Å². The largest absolute Gasteiger partial charge is 0.465 e. The molecule has 30 heavy (non-hydrogen) atoms. The molecule has 0 radical (unpaired) electrons. The third-order valence-electron chi connectivity index (χ3n) is 5.93. The van der Waals surface area contributed by atoms with Crippen LogP contribution in [-0.4, -0.2) is 38.2 Å². The van der Waals surface area contributed by atoms with E-state index in [0.29, 0.717) is 17.7 Å². The van der Waals surface area contributed by atoms with E-state index >= 15 is 0 Å². The second-order valence-corrected chi connectivity index (χ2v) is 9.86. The number of anilines is 2. The van der Waals surface area contributed by atoms with E-state index in [1.807, 2.05) is 26.0 Å². The molecule has 1 fully saturated rings. The highest BCUT2D eigenvalue weighted by Crippen LogP contribution is 2.46. The molecule has 1 saturated heterocycles. The molecule has 154 valence electrons. The van der Waals surface area contributed by atoms with Crippen LogP contribution < -0.4 is 5.32 Å². The first kappa shape index (κ1) is 19.2. The van der Waals surface area contributed by atoms with Gasteiger partial charge < -0.3 is 15.3 Å². The maximum Gasteiger partial charge on any atom is 0.407 e. The van der Waals surface area contributed by atoms with E-state index in [9.17, 15) is 14.3 Å². The average molecular weight is 443 g/mol. The maximum atomic E-state index is 14.9. The SMILES string of the molecule is CC1(C)[C@@H](c2cc3c(Nc4ccc5scnc5c4F)ccnc3s2)CCN1C(=O)O. The molecule has 9 heteroatoms. The molecule has 5 rings (SSSR count). The van der Waals surface area contributed by atoms with Crippen molar-refractivity contribution in [2.24, 2.45) is 0 Å². The number of pyridine rings is 1. The number of hydrogen-bond donors (Lipinski definition) is 2. The zero-order valence-corrected chi connectivity index (χ0v) is 18.0. The number of nitrogens with zero attached hydrogens (tertiary/aromatic N) is 3. The Morgan fingerprint density at radius 3 is 2.90 bits per heavy atom. The van der Waals surface area contributed by atoms with Crippen molar-refractivity contribution in [3.8, 4) is 0 Å². The van der Waals surface area contributed by atoms with Crippen LogP contribution in [0.4, 0.5) is 20.6 Å². The van der Waals surface area contributed by atoms with Crippen molar-refractivity contribution >= 4 is 60.6 Å². The lowest BCUT2D eigenvalue weighted by atomic mass is 9.87. The van der Waals surface area contributed by atoms with Gasteiger partial charge in [-0.3, -0.25) is 0 Å².